The minimum absolute atomic E-state index is 0.210. The van der Waals surface area contributed by atoms with E-state index in [-0.39, 0.29) is 12.5 Å². The molecule has 0 aromatic heterocycles. The van der Waals surface area contributed by atoms with Crippen LogP contribution in [0.1, 0.15) is 142 Å². The van der Waals surface area contributed by atoms with Crippen LogP contribution in [0.15, 0.2) is 60.8 Å². The van der Waals surface area contributed by atoms with Gasteiger partial charge in [-0.05, 0) is 77.0 Å². The fourth-order valence-corrected chi connectivity index (χ4v) is 5.74. The van der Waals surface area contributed by atoms with E-state index in [0.29, 0.717) is 6.42 Å². The summed E-state index contributed by atoms with van der Waals surface area (Å²) in [6.45, 7) is 3.64. The Labute approximate surface area is 309 Å². The number of allylic oxidation sites excluding steroid dienone is 9. The van der Waals surface area contributed by atoms with Gasteiger partial charge in [-0.15, -0.1) is 0 Å². The van der Waals surface area contributed by atoms with Crippen LogP contribution >= 0.6 is 0 Å². The van der Waals surface area contributed by atoms with E-state index in [1.165, 1.54) is 44.9 Å². The standard InChI is InChI=1S/C42H73NO8/c1-3-5-7-9-11-13-15-17-18-20-22-24-26-28-30-32-38(46)43-35(34-50-42-41(49)40(48)39(47)37(33-44)51-42)36(45)31-29-27-25-23-21-19-16-14-12-10-8-6-4-2/h11-14,17-18,21,23,29,31,35-37,39-42,44-45,47-49H,3-10,15-16,19-20,22,24-28,30,32-34H2,1-2H3,(H,43,46)/b13-11-,14-12+,18-17-,23-21+,31-29+. The van der Waals surface area contributed by atoms with E-state index in [1.807, 2.05) is 6.08 Å². The first-order valence-corrected chi connectivity index (χ1v) is 20.0. The molecule has 1 aliphatic rings. The average Bonchev–Trinajstić information content (AvgIpc) is 3.13. The zero-order valence-corrected chi connectivity index (χ0v) is 31.8. The highest BCUT2D eigenvalue weighted by atomic mass is 16.7. The van der Waals surface area contributed by atoms with Crippen molar-refractivity contribution in [1.29, 1.82) is 0 Å². The fourth-order valence-electron chi connectivity index (χ4n) is 5.74. The molecule has 0 radical (unpaired) electrons. The van der Waals surface area contributed by atoms with E-state index in [1.54, 1.807) is 6.08 Å². The molecule has 1 amide bonds. The topological polar surface area (TPSA) is 149 Å². The molecule has 9 nitrogen and oxygen atoms in total. The molecule has 1 saturated heterocycles. The summed E-state index contributed by atoms with van der Waals surface area (Å²) >= 11 is 0. The quantitative estimate of drug-likeness (QED) is 0.0324. The summed E-state index contributed by atoms with van der Waals surface area (Å²) in [6, 6.07) is -0.834. The van der Waals surface area contributed by atoms with Gasteiger partial charge in [0.05, 0.1) is 25.4 Å². The Kier molecular flexibility index (Phi) is 29.9. The van der Waals surface area contributed by atoms with Gasteiger partial charge in [0.25, 0.3) is 0 Å². The number of carbonyl (C=O) groups excluding carboxylic acids is 1. The van der Waals surface area contributed by atoms with Gasteiger partial charge in [-0.1, -0.05) is 120 Å². The van der Waals surface area contributed by atoms with E-state index < -0.39 is 49.5 Å². The molecule has 0 saturated carbocycles. The molecule has 6 N–H and O–H groups in total. The maximum Gasteiger partial charge on any atom is 0.220 e. The molecular weight excluding hydrogens is 646 g/mol. The van der Waals surface area contributed by atoms with Crippen molar-refractivity contribution in [2.24, 2.45) is 0 Å². The first-order valence-electron chi connectivity index (χ1n) is 20.0. The normalized spacial score (nSPS) is 22.7. The lowest BCUT2D eigenvalue weighted by molar-refractivity contribution is -0.302. The van der Waals surface area contributed by atoms with Gasteiger partial charge in [-0.2, -0.15) is 0 Å². The van der Waals surface area contributed by atoms with Crippen molar-refractivity contribution in [1.82, 2.24) is 5.32 Å². The van der Waals surface area contributed by atoms with Crippen LogP contribution in [0.25, 0.3) is 0 Å². The van der Waals surface area contributed by atoms with Gasteiger partial charge in [0.1, 0.15) is 24.4 Å². The number of nitrogens with one attached hydrogen (secondary N) is 1. The van der Waals surface area contributed by atoms with Crippen molar-refractivity contribution in [2.45, 2.75) is 185 Å². The minimum Gasteiger partial charge on any atom is -0.394 e. The maximum atomic E-state index is 12.9. The second-order valence-corrected chi connectivity index (χ2v) is 13.7. The monoisotopic (exact) mass is 720 g/mol. The molecular formula is C42H73NO8. The minimum atomic E-state index is -1.58. The Bertz CT molecular complexity index is 978. The molecule has 0 spiro atoms. The Balaban J connectivity index is 2.49. The van der Waals surface area contributed by atoms with E-state index in [4.69, 9.17) is 9.47 Å². The van der Waals surface area contributed by atoms with Crippen LogP contribution in [0, 0.1) is 0 Å². The van der Waals surface area contributed by atoms with Gasteiger partial charge in [-0.3, -0.25) is 4.79 Å². The van der Waals surface area contributed by atoms with Gasteiger partial charge >= 0.3 is 0 Å². The number of aliphatic hydroxyl groups excluding tert-OH is 5. The highest BCUT2D eigenvalue weighted by Gasteiger charge is 2.44. The van der Waals surface area contributed by atoms with Crippen molar-refractivity contribution >= 4 is 5.91 Å². The van der Waals surface area contributed by atoms with E-state index >= 15 is 0 Å². The van der Waals surface area contributed by atoms with E-state index in [0.717, 1.165) is 77.0 Å². The van der Waals surface area contributed by atoms with E-state index in [9.17, 15) is 30.3 Å². The summed E-state index contributed by atoms with van der Waals surface area (Å²) in [5.41, 5.74) is 0. The van der Waals surface area contributed by atoms with Crippen LogP contribution in [-0.4, -0.2) is 87.5 Å². The Morgan fingerprint density at radius 3 is 1.76 bits per heavy atom. The molecule has 0 aromatic rings. The molecule has 0 bridgehead atoms. The predicted molar refractivity (Wildman–Crippen MR) is 207 cm³/mol. The number of rotatable bonds is 31. The first kappa shape index (κ1) is 46.9. The van der Waals surface area contributed by atoms with Crippen LogP contribution in [0.4, 0.5) is 0 Å². The van der Waals surface area contributed by atoms with Gasteiger partial charge in [0.15, 0.2) is 6.29 Å². The Morgan fingerprint density at radius 1 is 0.667 bits per heavy atom. The van der Waals surface area contributed by atoms with Gasteiger partial charge in [-0.25, -0.2) is 0 Å². The second kappa shape index (κ2) is 32.5. The van der Waals surface area contributed by atoms with Crippen molar-refractivity contribution in [2.75, 3.05) is 13.2 Å². The number of hydrogen-bond acceptors (Lipinski definition) is 8. The lowest BCUT2D eigenvalue weighted by Crippen LogP contribution is -2.60. The van der Waals surface area contributed by atoms with Crippen LogP contribution < -0.4 is 5.32 Å². The molecule has 51 heavy (non-hydrogen) atoms. The number of unbranched alkanes of at least 4 members (excludes halogenated alkanes) is 13. The summed E-state index contributed by atoms with van der Waals surface area (Å²) in [5, 5.41) is 53.9. The maximum absolute atomic E-state index is 12.9. The Morgan fingerprint density at radius 2 is 1.18 bits per heavy atom. The van der Waals surface area contributed by atoms with Gasteiger partial charge in [0, 0.05) is 6.42 Å². The predicted octanol–water partition coefficient (Wildman–Crippen LogP) is 7.27. The summed E-state index contributed by atoms with van der Waals surface area (Å²) in [6.07, 6.45) is 34.0. The average molecular weight is 720 g/mol. The third-order valence-electron chi connectivity index (χ3n) is 9.04. The molecule has 1 aliphatic heterocycles. The molecule has 1 rings (SSSR count). The lowest BCUT2D eigenvalue weighted by Gasteiger charge is -2.40. The number of hydrogen-bond donors (Lipinski definition) is 6. The molecule has 7 atom stereocenters. The number of aliphatic hydroxyl groups is 5. The highest BCUT2D eigenvalue weighted by Crippen LogP contribution is 2.22. The Hall–Kier alpha value is -2.11. The van der Waals surface area contributed by atoms with Crippen LogP contribution in [0.3, 0.4) is 0 Å². The van der Waals surface area contributed by atoms with Gasteiger partial charge < -0.3 is 40.3 Å². The summed E-state index contributed by atoms with van der Waals surface area (Å²) in [7, 11) is 0. The molecule has 0 aliphatic carbocycles. The number of carbonyl (C=O) groups is 1. The molecule has 9 heteroatoms. The molecule has 0 aromatic carbocycles. The molecule has 294 valence electrons. The van der Waals surface area contributed by atoms with Crippen LogP contribution in [0.2, 0.25) is 0 Å². The van der Waals surface area contributed by atoms with Crippen molar-refractivity contribution in [3.63, 3.8) is 0 Å². The smallest absolute Gasteiger partial charge is 0.220 e. The van der Waals surface area contributed by atoms with Crippen molar-refractivity contribution < 1.29 is 39.8 Å². The number of ether oxygens (including phenoxy) is 2. The largest absolute Gasteiger partial charge is 0.394 e. The zero-order chi connectivity index (χ0) is 37.4. The first-order chi connectivity index (χ1) is 24.8. The summed E-state index contributed by atoms with van der Waals surface area (Å²) < 4.78 is 11.1. The van der Waals surface area contributed by atoms with Gasteiger partial charge in [0.2, 0.25) is 5.91 Å². The fraction of sp³-hybridized carbons (Fsp3) is 0.738. The number of amides is 1. The van der Waals surface area contributed by atoms with E-state index in [2.05, 4.69) is 67.8 Å². The lowest BCUT2D eigenvalue weighted by atomic mass is 9.99. The van der Waals surface area contributed by atoms with Crippen LogP contribution in [0.5, 0.6) is 0 Å². The third-order valence-corrected chi connectivity index (χ3v) is 9.04. The van der Waals surface area contributed by atoms with Crippen molar-refractivity contribution in [3.8, 4) is 0 Å². The summed E-state index contributed by atoms with van der Waals surface area (Å²) in [5.74, 6) is -0.210. The zero-order valence-electron chi connectivity index (χ0n) is 31.8. The highest BCUT2D eigenvalue weighted by molar-refractivity contribution is 5.76. The summed E-state index contributed by atoms with van der Waals surface area (Å²) in [4.78, 5) is 12.9. The second-order valence-electron chi connectivity index (χ2n) is 13.7. The molecule has 1 heterocycles. The van der Waals surface area contributed by atoms with Crippen molar-refractivity contribution in [3.05, 3.63) is 60.8 Å². The SMILES string of the molecule is CCCCC/C=C\C/C=C\CCCCCCCC(=O)NC(COC1OC(CO)C(O)C(O)C1O)C(O)/C=C/CC/C=C/CC/C=C/CCCCC. The molecule has 1 fully saturated rings. The third kappa shape index (κ3) is 24.0. The molecule has 7 unspecified atom stereocenters. The van der Waals surface area contributed by atoms with Crippen LogP contribution in [-0.2, 0) is 14.3 Å².